The number of aromatic nitrogens is 3. The average Bonchev–Trinajstić information content (AvgIpc) is 2.96. The first kappa shape index (κ1) is 15.6. The molecule has 0 aliphatic carbocycles. The van der Waals surface area contributed by atoms with E-state index in [1.165, 1.54) is 0 Å². The number of hydrogen-bond donors (Lipinski definition) is 1. The van der Waals surface area contributed by atoms with Gasteiger partial charge in [-0.1, -0.05) is 0 Å². The van der Waals surface area contributed by atoms with Gasteiger partial charge in [0.05, 0.1) is 20.3 Å². The second-order valence-electron chi connectivity index (χ2n) is 5.63. The van der Waals surface area contributed by atoms with Crippen molar-refractivity contribution in [3.05, 3.63) is 29.6 Å². The molecule has 1 aliphatic heterocycles. The molecule has 2 atom stereocenters. The number of nitrogens with one attached hydrogen (secondary N) is 1. The molecule has 2 heterocycles. The van der Waals surface area contributed by atoms with Crippen LogP contribution in [-0.4, -0.2) is 42.1 Å². The third-order valence-electron chi connectivity index (χ3n) is 3.99. The van der Waals surface area contributed by atoms with Crippen molar-refractivity contribution in [1.29, 1.82) is 0 Å². The summed E-state index contributed by atoms with van der Waals surface area (Å²) in [4.78, 5) is 4.51. The maximum atomic E-state index is 5.54. The van der Waals surface area contributed by atoms with Crippen LogP contribution in [0.25, 0.3) is 0 Å². The van der Waals surface area contributed by atoms with Gasteiger partial charge in [-0.25, -0.2) is 4.68 Å². The highest BCUT2D eigenvalue weighted by molar-refractivity contribution is 5.45. The number of nitrogens with zero attached hydrogens (tertiary/aromatic N) is 3. The number of fused-ring (bicyclic) bond motifs is 1. The fraction of sp³-hybridized carbons (Fsp3) is 0.500. The van der Waals surface area contributed by atoms with E-state index in [-0.39, 0.29) is 12.1 Å². The highest BCUT2D eigenvalue weighted by Gasteiger charge is 2.30. The molecule has 1 aliphatic rings. The lowest BCUT2D eigenvalue weighted by Crippen LogP contribution is -2.31. The third kappa shape index (κ3) is 2.96. The Bertz CT molecular complexity index is 686. The smallest absolute Gasteiger partial charge is 0.222 e. The summed E-state index contributed by atoms with van der Waals surface area (Å²) >= 11 is 0. The van der Waals surface area contributed by atoms with E-state index >= 15 is 0 Å². The van der Waals surface area contributed by atoms with Crippen LogP contribution in [-0.2, 0) is 11.3 Å². The van der Waals surface area contributed by atoms with Gasteiger partial charge < -0.3 is 19.5 Å². The van der Waals surface area contributed by atoms with Crippen molar-refractivity contribution in [2.24, 2.45) is 0 Å². The lowest BCUT2D eigenvalue weighted by atomic mass is 9.97. The number of methoxy groups -OCH3 is 3. The van der Waals surface area contributed by atoms with E-state index in [1.54, 1.807) is 21.3 Å². The molecule has 1 N–H and O–H groups in total. The van der Waals surface area contributed by atoms with Gasteiger partial charge in [-0.2, -0.15) is 10.1 Å². The third-order valence-corrected chi connectivity index (χ3v) is 3.99. The lowest BCUT2D eigenvalue weighted by Gasteiger charge is -2.30. The van der Waals surface area contributed by atoms with Crippen LogP contribution in [0.4, 0.5) is 5.95 Å². The molecule has 1 aromatic carbocycles. The predicted octanol–water partition coefficient (Wildman–Crippen LogP) is 2.24. The van der Waals surface area contributed by atoms with E-state index in [0.717, 1.165) is 29.4 Å². The first-order valence-corrected chi connectivity index (χ1v) is 7.59. The Kier molecular flexibility index (Phi) is 4.38. The lowest BCUT2D eigenvalue weighted by molar-refractivity contribution is 0.177. The summed E-state index contributed by atoms with van der Waals surface area (Å²) in [6, 6.07) is 6.13. The van der Waals surface area contributed by atoms with Crippen LogP contribution in [0.2, 0.25) is 0 Å². The van der Waals surface area contributed by atoms with E-state index in [9.17, 15) is 0 Å². The summed E-state index contributed by atoms with van der Waals surface area (Å²) in [6.45, 7) is 2.52. The number of ether oxygens (including phenoxy) is 3. The van der Waals surface area contributed by atoms with E-state index in [1.807, 2.05) is 22.9 Å². The average molecular weight is 318 g/mol. The molecule has 0 spiro atoms. The zero-order valence-electron chi connectivity index (χ0n) is 13.9. The normalized spacial score (nSPS) is 19.8. The van der Waals surface area contributed by atoms with Crippen LogP contribution in [0, 0.1) is 0 Å². The summed E-state index contributed by atoms with van der Waals surface area (Å²) in [5, 5.41) is 7.95. The molecular weight excluding hydrogens is 296 g/mol. The quantitative estimate of drug-likeness (QED) is 0.911. The van der Waals surface area contributed by atoms with Crippen LogP contribution in [0.1, 0.15) is 30.8 Å². The molecule has 0 saturated carbocycles. The van der Waals surface area contributed by atoms with E-state index in [0.29, 0.717) is 12.4 Å². The van der Waals surface area contributed by atoms with Crippen molar-refractivity contribution in [1.82, 2.24) is 14.8 Å². The van der Waals surface area contributed by atoms with Crippen molar-refractivity contribution in [2.45, 2.75) is 32.0 Å². The van der Waals surface area contributed by atoms with E-state index in [2.05, 4.69) is 22.3 Å². The molecule has 23 heavy (non-hydrogen) atoms. The molecule has 7 nitrogen and oxygen atoms in total. The summed E-state index contributed by atoms with van der Waals surface area (Å²) in [7, 11) is 4.97. The minimum atomic E-state index is 0.0319. The topological polar surface area (TPSA) is 70.4 Å². The number of anilines is 1. The molecule has 0 fully saturated rings. The van der Waals surface area contributed by atoms with Gasteiger partial charge in [0.2, 0.25) is 5.95 Å². The van der Waals surface area contributed by atoms with Crippen LogP contribution in [0.3, 0.4) is 0 Å². The van der Waals surface area contributed by atoms with Gasteiger partial charge in [0.1, 0.15) is 18.1 Å². The minimum absolute atomic E-state index is 0.0319. The highest BCUT2D eigenvalue weighted by atomic mass is 16.5. The van der Waals surface area contributed by atoms with Gasteiger partial charge in [0.15, 0.2) is 5.82 Å². The fourth-order valence-electron chi connectivity index (χ4n) is 2.95. The Morgan fingerprint density at radius 3 is 2.78 bits per heavy atom. The SMILES string of the molecule is COCc1nc2n(n1)[C@H](c1cc(OC)ccc1OC)C[C@H](C)N2. The first-order chi connectivity index (χ1) is 11.2. The summed E-state index contributed by atoms with van der Waals surface area (Å²) in [5.41, 5.74) is 1.04. The molecule has 0 unspecified atom stereocenters. The molecule has 0 amide bonds. The van der Waals surface area contributed by atoms with Crippen molar-refractivity contribution in [2.75, 3.05) is 26.6 Å². The number of benzene rings is 1. The second kappa shape index (κ2) is 6.45. The Labute approximate surface area is 135 Å². The molecule has 0 saturated heterocycles. The standard InChI is InChI=1S/C16H22N4O3/c1-10-7-13(12-8-11(22-3)5-6-14(12)23-4)20-16(17-10)18-15(19-20)9-21-2/h5-6,8,10,13H,7,9H2,1-4H3,(H,17,18,19)/t10-,13-/m0/s1. The summed E-state index contributed by atoms with van der Waals surface area (Å²) < 4.78 is 18.0. The van der Waals surface area contributed by atoms with Gasteiger partial charge in [-0.05, 0) is 31.5 Å². The minimum Gasteiger partial charge on any atom is -0.497 e. The summed E-state index contributed by atoms with van der Waals surface area (Å²) in [5.74, 6) is 3.03. The zero-order chi connectivity index (χ0) is 16.4. The molecule has 2 aromatic rings. The molecule has 0 bridgehead atoms. The van der Waals surface area contributed by atoms with E-state index in [4.69, 9.17) is 14.2 Å². The molecule has 1 aromatic heterocycles. The van der Waals surface area contributed by atoms with Gasteiger partial charge in [-0.3, -0.25) is 0 Å². The molecular formula is C16H22N4O3. The number of rotatable bonds is 5. The number of hydrogen-bond acceptors (Lipinski definition) is 6. The van der Waals surface area contributed by atoms with Gasteiger partial charge >= 0.3 is 0 Å². The molecule has 3 rings (SSSR count). The maximum absolute atomic E-state index is 5.54. The Morgan fingerprint density at radius 1 is 1.26 bits per heavy atom. The van der Waals surface area contributed by atoms with Gasteiger partial charge in [0.25, 0.3) is 0 Å². The van der Waals surface area contributed by atoms with Crippen LogP contribution in [0.15, 0.2) is 18.2 Å². The Hall–Kier alpha value is -2.28. The Morgan fingerprint density at radius 2 is 2.09 bits per heavy atom. The van der Waals surface area contributed by atoms with Crippen molar-refractivity contribution in [3.8, 4) is 11.5 Å². The predicted molar refractivity (Wildman–Crippen MR) is 86.1 cm³/mol. The first-order valence-electron chi connectivity index (χ1n) is 7.59. The van der Waals surface area contributed by atoms with E-state index < -0.39 is 0 Å². The molecule has 124 valence electrons. The van der Waals surface area contributed by atoms with Crippen molar-refractivity contribution in [3.63, 3.8) is 0 Å². The second-order valence-corrected chi connectivity index (χ2v) is 5.63. The van der Waals surface area contributed by atoms with Crippen LogP contribution in [0.5, 0.6) is 11.5 Å². The van der Waals surface area contributed by atoms with Crippen molar-refractivity contribution >= 4 is 5.95 Å². The van der Waals surface area contributed by atoms with Crippen LogP contribution < -0.4 is 14.8 Å². The maximum Gasteiger partial charge on any atom is 0.222 e. The monoisotopic (exact) mass is 318 g/mol. The fourth-order valence-corrected chi connectivity index (χ4v) is 2.95. The Balaban J connectivity index is 2.06. The van der Waals surface area contributed by atoms with Crippen molar-refractivity contribution < 1.29 is 14.2 Å². The van der Waals surface area contributed by atoms with Gasteiger partial charge in [-0.15, -0.1) is 0 Å². The summed E-state index contributed by atoms with van der Waals surface area (Å²) in [6.07, 6.45) is 0.881. The van der Waals surface area contributed by atoms with Gasteiger partial charge in [0, 0.05) is 18.7 Å². The molecule has 0 radical (unpaired) electrons. The largest absolute Gasteiger partial charge is 0.497 e. The molecule has 7 heteroatoms. The highest BCUT2D eigenvalue weighted by Crippen LogP contribution is 2.37. The van der Waals surface area contributed by atoms with Crippen LogP contribution >= 0.6 is 0 Å². The zero-order valence-corrected chi connectivity index (χ0v) is 13.9.